The maximum absolute atomic E-state index is 12.5. The van der Waals surface area contributed by atoms with Crippen molar-refractivity contribution in [2.75, 3.05) is 46.6 Å². The first-order valence-electron chi connectivity index (χ1n) is 11.8. The second-order valence-corrected chi connectivity index (χ2v) is 8.13. The van der Waals surface area contributed by atoms with Crippen LogP contribution in [0.15, 0.2) is 67.1 Å². The normalized spacial score (nSPS) is 13.4. The zero-order valence-corrected chi connectivity index (χ0v) is 19.9. The number of amides is 1. The van der Waals surface area contributed by atoms with Gasteiger partial charge in [-0.25, -0.2) is 15.0 Å². The fourth-order valence-electron chi connectivity index (χ4n) is 3.77. The van der Waals surface area contributed by atoms with Gasteiger partial charge in [-0.1, -0.05) is 25.1 Å². The van der Waals surface area contributed by atoms with Gasteiger partial charge in [0, 0.05) is 56.9 Å². The van der Waals surface area contributed by atoms with Crippen molar-refractivity contribution in [2.45, 2.75) is 13.3 Å². The first-order chi connectivity index (χ1) is 17.7. The molecule has 11 heteroatoms. The molecule has 1 aliphatic heterocycles. The lowest BCUT2D eigenvalue weighted by atomic mass is 10.2. The van der Waals surface area contributed by atoms with E-state index in [1.54, 1.807) is 24.5 Å². The summed E-state index contributed by atoms with van der Waals surface area (Å²) in [5.74, 6) is 2.77. The maximum atomic E-state index is 12.5. The van der Waals surface area contributed by atoms with Crippen LogP contribution in [-0.4, -0.2) is 62.0 Å². The van der Waals surface area contributed by atoms with Crippen molar-refractivity contribution in [1.82, 2.24) is 29.9 Å². The van der Waals surface area contributed by atoms with Crippen LogP contribution >= 0.6 is 0 Å². The number of aryl methyl sites for hydroxylation is 1. The minimum atomic E-state index is -0.226. The van der Waals surface area contributed by atoms with Gasteiger partial charge in [0.1, 0.15) is 11.6 Å². The van der Waals surface area contributed by atoms with E-state index in [0.717, 1.165) is 37.8 Å². The molecule has 2 N–H and O–H groups in total. The smallest absolute Gasteiger partial charge is 0.257 e. The van der Waals surface area contributed by atoms with Gasteiger partial charge in [0.25, 0.3) is 5.91 Å². The third-order valence-electron chi connectivity index (χ3n) is 5.68. The summed E-state index contributed by atoms with van der Waals surface area (Å²) in [4.78, 5) is 43.6. The third-order valence-corrected chi connectivity index (χ3v) is 5.68. The lowest BCUT2D eigenvalue weighted by Gasteiger charge is -2.34. The predicted molar refractivity (Wildman–Crippen MR) is 138 cm³/mol. The van der Waals surface area contributed by atoms with E-state index in [2.05, 4.69) is 50.3 Å². The molecule has 1 aromatic carbocycles. The van der Waals surface area contributed by atoms with Crippen molar-refractivity contribution >= 4 is 35.3 Å². The summed E-state index contributed by atoms with van der Waals surface area (Å²) in [5, 5.41) is 6.00. The minimum absolute atomic E-state index is 0.226. The quantitative estimate of drug-likeness (QED) is 0.406. The van der Waals surface area contributed by atoms with E-state index in [0.29, 0.717) is 35.5 Å². The van der Waals surface area contributed by atoms with Gasteiger partial charge in [-0.2, -0.15) is 15.0 Å². The van der Waals surface area contributed by atoms with E-state index in [1.165, 1.54) is 6.20 Å². The highest BCUT2D eigenvalue weighted by Crippen LogP contribution is 2.18. The Labute approximate surface area is 208 Å². The minimum Gasteiger partial charge on any atom is -0.337 e. The molecule has 0 bridgehead atoms. The Kier molecular flexibility index (Phi) is 6.88. The largest absolute Gasteiger partial charge is 0.337 e. The number of nitrogens with zero attached hydrogens (tertiary/aromatic N) is 8. The fraction of sp³-hybridized carbons (Fsp3) is 0.240. The Morgan fingerprint density at radius 3 is 2.22 bits per heavy atom. The Hall–Kier alpha value is -4.67. The number of carbonyl (C=O) groups is 1. The lowest BCUT2D eigenvalue weighted by molar-refractivity contribution is 0.102. The van der Waals surface area contributed by atoms with Crippen LogP contribution in [0, 0.1) is 0 Å². The number of nitrogens with one attached hydrogen (secondary N) is 2. The van der Waals surface area contributed by atoms with Crippen LogP contribution in [0.1, 0.15) is 23.1 Å². The van der Waals surface area contributed by atoms with Gasteiger partial charge in [-0.15, -0.1) is 0 Å². The van der Waals surface area contributed by atoms with Gasteiger partial charge in [0.05, 0.1) is 5.56 Å². The molecule has 1 aliphatic rings. The summed E-state index contributed by atoms with van der Waals surface area (Å²) in [7, 11) is 0. The third kappa shape index (κ3) is 5.52. The SMILES string of the molecule is CCc1nc(Nc2ccc(C(=O)Nc3ccccc3)cn2)nc(N2CCN(c3ncccn3)CC2)n1. The van der Waals surface area contributed by atoms with Crippen LogP contribution in [0.4, 0.5) is 29.4 Å². The van der Waals surface area contributed by atoms with E-state index >= 15 is 0 Å². The van der Waals surface area contributed by atoms with Crippen LogP contribution < -0.4 is 20.4 Å². The Balaban J connectivity index is 1.25. The van der Waals surface area contributed by atoms with Crippen molar-refractivity contribution in [3.63, 3.8) is 0 Å². The molecule has 182 valence electrons. The molecule has 0 spiro atoms. The van der Waals surface area contributed by atoms with Gasteiger partial charge in [-0.05, 0) is 30.3 Å². The van der Waals surface area contributed by atoms with Crippen molar-refractivity contribution < 1.29 is 4.79 Å². The van der Waals surface area contributed by atoms with Crippen LogP contribution in [0.3, 0.4) is 0 Å². The fourth-order valence-corrected chi connectivity index (χ4v) is 3.77. The van der Waals surface area contributed by atoms with Crippen LogP contribution in [0.2, 0.25) is 0 Å². The van der Waals surface area contributed by atoms with Gasteiger partial charge >= 0.3 is 0 Å². The topological polar surface area (TPSA) is 125 Å². The number of rotatable bonds is 7. The number of pyridine rings is 1. The predicted octanol–water partition coefficient (Wildman–Crippen LogP) is 2.94. The second kappa shape index (κ2) is 10.7. The highest BCUT2D eigenvalue weighted by molar-refractivity contribution is 6.04. The molecule has 0 aliphatic carbocycles. The van der Waals surface area contributed by atoms with E-state index in [-0.39, 0.29) is 5.91 Å². The average molecular weight is 483 g/mol. The number of hydrogen-bond acceptors (Lipinski definition) is 10. The van der Waals surface area contributed by atoms with E-state index in [9.17, 15) is 4.79 Å². The highest BCUT2D eigenvalue weighted by atomic mass is 16.1. The van der Waals surface area contributed by atoms with Gasteiger partial charge in [0.15, 0.2) is 0 Å². The van der Waals surface area contributed by atoms with Crippen LogP contribution in [-0.2, 0) is 6.42 Å². The molecule has 5 rings (SSSR count). The number of benzene rings is 1. The van der Waals surface area contributed by atoms with Crippen molar-refractivity contribution in [2.24, 2.45) is 0 Å². The standard InChI is InChI=1S/C25H26N10O/c1-2-20-30-23(31-21-10-9-18(17-28-21)22(36)29-19-7-4-3-5-8-19)33-25(32-20)35-15-13-34(14-16-35)24-26-11-6-12-27-24/h3-12,17H,2,13-16H2,1H3,(H,29,36)(H,28,30,31,32,33). The molecule has 3 aromatic heterocycles. The molecule has 1 saturated heterocycles. The summed E-state index contributed by atoms with van der Waals surface area (Å²) in [5.41, 5.74) is 1.18. The molecule has 1 amide bonds. The molecule has 0 saturated carbocycles. The van der Waals surface area contributed by atoms with Crippen molar-refractivity contribution in [3.8, 4) is 0 Å². The molecule has 0 unspecified atom stereocenters. The molecule has 1 fully saturated rings. The Morgan fingerprint density at radius 1 is 0.833 bits per heavy atom. The summed E-state index contributed by atoms with van der Waals surface area (Å²) >= 11 is 0. The van der Waals surface area contributed by atoms with Crippen molar-refractivity contribution in [3.05, 3.63) is 78.5 Å². The molecule has 11 nitrogen and oxygen atoms in total. The number of piperazine rings is 1. The van der Waals surface area contributed by atoms with Gasteiger partial charge in [0.2, 0.25) is 17.8 Å². The van der Waals surface area contributed by atoms with Gasteiger partial charge in [-0.3, -0.25) is 4.79 Å². The zero-order valence-electron chi connectivity index (χ0n) is 19.9. The summed E-state index contributed by atoms with van der Waals surface area (Å²) in [6, 6.07) is 14.6. The van der Waals surface area contributed by atoms with Crippen molar-refractivity contribution in [1.29, 1.82) is 0 Å². The lowest BCUT2D eigenvalue weighted by Crippen LogP contribution is -2.47. The molecule has 4 aromatic rings. The molecular weight excluding hydrogens is 456 g/mol. The summed E-state index contributed by atoms with van der Waals surface area (Å²) in [6.45, 7) is 5.04. The maximum Gasteiger partial charge on any atom is 0.257 e. The first-order valence-corrected chi connectivity index (χ1v) is 11.8. The summed E-state index contributed by atoms with van der Waals surface area (Å²) < 4.78 is 0. The van der Waals surface area contributed by atoms with Crippen LogP contribution in [0.25, 0.3) is 0 Å². The van der Waals surface area contributed by atoms with E-state index < -0.39 is 0 Å². The monoisotopic (exact) mass is 482 g/mol. The number of hydrogen-bond donors (Lipinski definition) is 2. The molecular formula is C25H26N10O. The second-order valence-electron chi connectivity index (χ2n) is 8.13. The first kappa shape index (κ1) is 23.1. The summed E-state index contributed by atoms with van der Waals surface area (Å²) in [6.07, 6.45) is 5.70. The number of anilines is 5. The molecule has 36 heavy (non-hydrogen) atoms. The number of carbonyl (C=O) groups excluding carboxylic acids is 1. The highest BCUT2D eigenvalue weighted by Gasteiger charge is 2.22. The Bertz CT molecular complexity index is 1290. The number of para-hydroxylation sites is 1. The molecule has 4 heterocycles. The van der Waals surface area contributed by atoms with Gasteiger partial charge < -0.3 is 20.4 Å². The van der Waals surface area contributed by atoms with E-state index in [4.69, 9.17) is 0 Å². The molecule has 0 atom stereocenters. The Morgan fingerprint density at radius 2 is 1.56 bits per heavy atom. The van der Waals surface area contributed by atoms with Crippen LogP contribution in [0.5, 0.6) is 0 Å². The zero-order chi connectivity index (χ0) is 24.7. The average Bonchev–Trinajstić information content (AvgIpc) is 2.94. The van der Waals surface area contributed by atoms with E-state index in [1.807, 2.05) is 43.3 Å². The number of aromatic nitrogens is 6. The molecule has 0 radical (unpaired) electrons.